The number of unbranched alkanes of at least 4 members (excludes halogenated alkanes) is 16. The van der Waals surface area contributed by atoms with Gasteiger partial charge in [-0.05, 0) is 45.4 Å². The molecule has 0 aliphatic heterocycles. The molecule has 0 aliphatic carbocycles. The van der Waals surface area contributed by atoms with Crippen molar-refractivity contribution in [2.24, 2.45) is 11.5 Å². The average Bonchev–Trinajstić information content (AvgIpc) is 3.05. The van der Waals surface area contributed by atoms with Gasteiger partial charge in [0, 0.05) is 58.7 Å². The van der Waals surface area contributed by atoms with Crippen molar-refractivity contribution in [2.75, 3.05) is 33.0 Å². The van der Waals surface area contributed by atoms with Crippen molar-refractivity contribution in [3.8, 4) is 0 Å². The molecular weight excluding hydrogens is 618 g/mol. The Balaban J connectivity index is -0.000000760. The highest BCUT2D eigenvalue weighted by Gasteiger charge is 2.03. The number of rotatable bonds is 32. The minimum absolute atomic E-state index is 0.0364. The Bertz CT molecular complexity index is 704. The number of aldehydes is 1. The molecule has 0 aromatic carbocycles. The highest BCUT2D eigenvalue weighted by atomic mass is 16.5. The molecule has 12 nitrogen and oxygen atoms in total. The predicted octanol–water partition coefficient (Wildman–Crippen LogP) is 6.19. The van der Waals surface area contributed by atoms with Crippen LogP contribution < -0.4 is 16.8 Å². The van der Waals surface area contributed by atoms with Crippen LogP contribution in [0.1, 0.15) is 162 Å². The molecule has 6 N–H and O–H groups in total. The fourth-order valence-electron chi connectivity index (χ4n) is 4.23. The van der Waals surface area contributed by atoms with Crippen LogP contribution >= 0.6 is 0 Å². The maximum absolute atomic E-state index is 11.5. The highest BCUT2D eigenvalue weighted by molar-refractivity contribution is 5.76. The zero-order chi connectivity index (χ0) is 36.8. The zero-order valence-corrected chi connectivity index (χ0v) is 30.4. The second-order valence-corrected chi connectivity index (χ2v) is 11.5. The summed E-state index contributed by atoms with van der Waals surface area (Å²) in [5, 5.41) is 11.3. The molecule has 0 aliphatic rings. The molecule has 0 fully saturated rings. The predicted molar refractivity (Wildman–Crippen MR) is 191 cm³/mol. The molecule has 0 spiro atoms. The smallest absolute Gasteiger partial charge is 0.303 e. The Kier molecular flexibility index (Phi) is 55.2. The molecule has 0 atom stereocenters. The molecule has 0 rings (SSSR count). The van der Waals surface area contributed by atoms with Crippen LogP contribution in [0.25, 0.3) is 0 Å². The first-order valence-corrected chi connectivity index (χ1v) is 18.1. The van der Waals surface area contributed by atoms with Gasteiger partial charge in [-0.1, -0.05) is 90.4 Å². The molecule has 0 saturated heterocycles. The summed E-state index contributed by atoms with van der Waals surface area (Å²) in [6.07, 6.45) is 26.1. The third-order valence-corrected chi connectivity index (χ3v) is 7.02. The number of carbonyl (C=O) groups excluding carboxylic acids is 5. The lowest BCUT2D eigenvalue weighted by molar-refractivity contribution is -0.137. The van der Waals surface area contributed by atoms with E-state index in [1.54, 1.807) is 6.92 Å². The van der Waals surface area contributed by atoms with Crippen LogP contribution in [0.5, 0.6) is 0 Å². The van der Waals surface area contributed by atoms with Gasteiger partial charge in [-0.2, -0.15) is 0 Å². The normalized spacial score (nSPS) is 9.79. The van der Waals surface area contributed by atoms with Gasteiger partial charge in [0.1, 0.15) is 12.1 Å². The Morgan fingerprint density at radius 2 is 0.917 bits per heavy atom. The summed E-state index contributed by atoms with van der Waals surface area (Å²) in [5.41, 5.74) is 8.33. The number of ether oxygens (including phenoxy) is 2. The average molecular weight is 690 g/mol. The lowest BCUT2D eigenvalue weighted by Gasteiger charge is -2.07. The Labute approximate surface area is 291 Å². The van der Waals surface area contributed by atoms with Crippen LogP contribution in [0.2, 0.25) is 0 Å². The molecular formula is C36H71N3O9. The van der Waals surface area contributed by atoms with Crippen molar-refractivity contribution < 1.29 is 43.3 Å². The molecule has 0 aromatic heterocycles. The van der Waals surface area contributed by atoms with Crippen LogP contribution in [0.3, 0.4) is 0 Å². The van der Waals surface area contributed by atoms with Crippen LogP contribution in [0.4, 0.5) is 0 Å². The molecule has 284 valence electrons. The van der Waals surface area contributed by atoms with E-state index in [1.165, 1.54) is 83.5 Å². The van der Waals surface area contributed by atoms with Gasteiger partial charge in [-0.25, -0.2) is 0 Å². The van der Waals surface area contributed by atoms with Crippen LogP contribution in [-0.2, 0) is 38.2 Å². The fourth-order valence-corrected chi connectivity index (χ4v) is 4.23. The molecule has 0 unspecified atom stereocenters. The summed E-state index contributed by atoms with van der Waals surface area (Å²) in [5.74, 6) is -0.701. The molecule has 48 heavy (non-hydrogen) atoms. The SMILES string of the molecule is CCC(C)=O.NC=O.NC=O.O=CCCCCCCCCCCCCCCCCCOCCCCOCCCNC(=O)CCCC(=O)O. The summed E-state index contributed by atoms with van der Waals surface area (Å²) in [6.45, 7) is 7.02. The second kappa shape index (κ2) is 51.0. The van der Waals surface area contributed by atoms with E-state index in [4.69, 9.17) is 24.2 Å². The second-order valence-electron chi connectivity index (χ2n) is 11.5. The Morgan fingerprint density at radius 1 is 0.583 bits per heavy atom. The lowest BCUT2D eigenvalue weighted by atomic mass is 10.0. The zero-order valence-electron chi connectivity index (χ0n) is 30.4. The first-order valence-electron chi connectivity index (χ1n) is 18.1. The summed E-state index contributed by atoms with van der Waals surface area (Å²) < 4.78 is 11.3. The van der Waals surface area contributed by atoms with Gasteiger partial charge >= 0.3 is 5.97 Å². The van der Waals surface area contributed by atoms with Crippen molar-refractivity contribution in [2.45, 2.75) is 162 Å². The third kappa shape index (κ3) is 65.7. The number of hydrogen-bond acceptors (Lipinski definition) is 8. The van der Waals surface area contributed by atoms with Crippen molar-refractivity contribution in [1.29, 1.82) is 0 Å². The van der Waals surface area contributed by atoms with Gasteiger partial charge < -0.3 is 41.0 Å². The van der Waals surface area contributed by atoms with Crippen LogP contribution in [0.15, 0.2) is 0 Å². The standard InChI is InChI=1S/C30H57NO6.C4H8O.2CH3NO/c32-24-15-13-11-9-7-5-3-1-2-4-6-8-10-12-14-16-25-36-26-17-18-27-37-28-20-23-31-29(33)21-19-22-30(34)35;1-3-4(2)5;2*2-1-3/h24H,1-23,25-28H2,(H,31,33)(H,34,35);3H2,1-2H3;2*1H,(H2,2,3). The summed E-state index contributed by atoms with van der Waals surface area (Å²) >= 11 is 0. The van der Waals surface area contributed by atoms with E-state index in [0.717, 1.165) is 64.6 Å². The first kappa shape index (κ1) is 52.0. The van der Waals surface area contributed by atoms with E-state index in [9.17, 15) is 19.2 Å². The number of aliphatic carboxylic acids is 1. The molecule has 0 aromatic rings. The van der Waals surface area contributed by atoms with E-state index in [0.29, 0.717) is 26.0 Å². The number of primary amides is 2. The minimum Gasteiger partial charge on any atom is -0.481 e. The largest absolute Gasteiger partial charge is 0.481 e. The maximum atomic E-state index is 11.5. The third-order valence-electron chi connectivity index (χ3n) is 7.02. The summed E-state index contributed by atoms with van der Waals surface area (Å²) in [4.78, 5) is 59.1. The number of ketones is 1. The first-order chi connectivity index (χ1) is 23.3. The summed E-state index contributed by atoms with van der Waals surface area (Å²) in [6, 6.07) is 0. The van der Waals surface area contributed by atoms with Crippen LogP contribution in [-0.4, -0.2) is 74.8 Å². The number of nitrogens with one attached hydrogen (secondary N) is 1. The van der Waals surface area contributed by atoms with Gasteiger partial charge in [0.2, 0.25) is 18.7 Å². The summed E-state index contributed by atoms with van der Waals surface area (Å²) in [7, 11) is 0. The number of carboxylic acid groups (broad SMARTS) is 1. The number of carboxylic acids is 1. The Hall–Kier alpha value is -2.86. The number of amides is 3. The molecule has 0 heterocycles. The van der Waals surface area contributed by atoms with E-state index in [1.807, 2.05) is 6.92 Å². The van der Waals surface area contributed by atoms with E-state index >= 15 is 0 Å². The quantitative estimate of drug-likeness (QED) is 0.0469. The minimum atomic E-state index is -0.864. The molecule has 0 bridgehead atoms. The fraction of sp³-hybridized carbons (Fsp3) is 0.833. The van der Waals surface area contributed by atoms with Gasteiger partial charge in [0.05, 0.1) is 0 Å². The van der Waals surface area contributed by atoms with Crippen LogP contribution in [0, 0.1) is 0 Å². The van der Waals surface area contributed by atoms with Crippen molar-refractivity contribution in [3.05, 3.63) is 0 Å². The number of hydrogen-bond donors (Lipinski definition) is 4. The number of carbonyl (C=O) groups is 6. The molecule has 3 amide bonds. The van der Waals surface area contributed by atoms with Gasteiger partial charge in [-0.15, -0.1) is 0 Å². The van der Waals surface area contributed by atoms with Crippen molar-refractivity contribution in [3.63, 3.8) is 0 Å². The van der Waals surface area contributed by atoms with Crippen molar-refractivity contribution >= 4 is 36.8 Å². The van der Waals surface area contributed by atoms with Gasteiger partial charge in [0.25, 0.3) is 0 Å². The maximum Gasteiger partial charge on any atom is 0.303 e. The number of Topliss-reactive ketones (excluding diaryl/α,β-unsaturated/α-hetero) is 1. The monoisotopic (exact) mass is 690 g/mol. The Morgan fingerprint density at radius 3 is 1.27 bits per heavy atom. The molecule has 0 radical (unpaired) electrons. The van der Waals surface area contributed by atoms with Gasteiger partial charge in [0.15, 0.2) is 0 Å². The van der Waals surface area contributed by atoms with E-state index in [2.05, 4.69) is 16.8 Å². The molecule has 12 heteroatoms. The number of nitrogens with two attached hydrogens (primary N) is 2. The lowest BCUT2D eigenvalue weighted by Crippen LogP contribution is -2.25. The topological polar surface area (TPSA) is 205 Å². The highest BCUT2D eigenvalue weighted by Crippen LogP contribution is 2.13. The molecule has 0 saturated carbocycles. The van der Waals surface area contributed by atoms with Gasteiger partial charge in [-0.3, -0.25) is 19.2 Å². The van der Waals surface area contributed by atoms with E-state index in [-0.39, 0.29) is 37.4 Å². The van der Waals surface area contributed by atoms with Crippen molar-refractivity contribution in [1.82, 2.24) is 5.32 Å². The van der Waals surface area contributed by atoms with E-state index < -0.39 is 5.97 Å².